The first kappa shape index (κ1) is 13.2. The third-order valence-corrected chi connectivity index (χ3v) is 4.56. The molecule has 2 saturated heterocycles. The van der Waals surface area contributed by atoms with Crippen LogP contribution in [0.4, 0.5) is 10.5 Å². The van der Waals surface area contributed by atoms with Gasteiger partial charge in [0.1, 0.15) is 0 Å². The zero-order valence-corrected chi connectivity index (χ0v) is 12.2. The van der Waals surface area contributed by atoms with E-state index >= 15 is 0 Å². The van der Waals surface area contributed by atoms with Crippen molar-refractivity contribution in [3.05, 3.63) is 41.5 Å². The normalized spacial score (nSPS) is 24.7. The Kier molecular flexibility index (Phi) is 3.51. The molecule has 2 aliphatic heterocycles. The summed E-state index contributed by atoms with van der Waals surface area (Å²) in [5.41, 5.74) is 3.60. The molecule has 0 aliphatic carbocycles. The molecule has 0 aromatic heterocycles. The van der Waals surface area contributed by atoms with E-state index in [4.69, 9.17) is 0 Å². The van der Waals surface area contributed by atoms with E-state index in [0.717, 1.165) is 31.4 Å². The number of nitrogens with zero attached hydrogens (tertiary/aromatic N) is 1. The van der Waals surface area contributed by atoms with Crippen molar-refractivity contribution in [1.82, 2.24) is 4.90 Å². The van der Waals surface area contributed by atoms with Gasteiger partial charge in [-0.15, -0.1) is 0 Å². The number of fused-ring (bicyclic) bond motifs is 2. The molecule has 1 aromatic carbocycles. The van der Waals surface area contributed by atoms with E-state index < -0.39 is 0 Å². The lowest BCUT2D eigenvalue weighted by Gasteiger charge is -2.36. The van der Waals surface area contributed by atoms with Crippen LogP contribution in [0.3, 0.4) is 0 Å². The molecular formula is C17H22N2O. The molecule has 3 rings (SSSR count). The highest BCUT2D eigenvalue weighted by atomic mass is 16.2. The number of hydrogen-bond donors (Lipinski definition) is 1. The molecule has 1 N–H and O–H groups in total. The van der Waals surface area contributed by atoms with E-state index in [2.05, 4.69) is 30.1 Å². The summed E-state index contributed by atoms with van der Waals surface area (Å²) < 4.78 is 0. The molecule has 2 aliphatic rings. The third kappa shape index (κ3) is 2.45. The van der Waals surface area contributed by atoms with E-state index in [1.54, 1.807) is 0 Å². The summed E-state index contributed by atoms with van der Waals surface area (Å²) in [6.45, 7) is 4.16. The Morgan fingerprint density at radius 1 is 1.20 bits per heavy atom. The van der Waals surface area contributed by atoms with Crippen LogP contribution in [0.2, 0.25) is 0 Å². The number of anilines is 1. The Bertz CT molecular complexity index is 516. The lowest BCUT2D eigenvalue weighted by Crippen LogP contribution is -2.46. The van der Waals surface area contributed by atoms with Gasteiger partial charge in [-0.25, -0.2) is 4.79 Å². The lowest BCUT2D eigenvalue weighted by molar-refractivity contribution is 0.174. The summed E-state index contributed by atoms with van der Waals surface area (Å²) in [6, 6.07) is 8.84. The maximum Gasteiger partial charge on any atom is 0.322 e. The summed E-state index contributed by atoms with van der Waals surface area (Å²) in [4.78, 5) is 14.6. The highest BCUT2D eigenvalue weighted by Gasteiger charge is 2.41. The minimum absolute atomic E-state index is 0.0662. The number of carbonyl (C=O) groups excluding carboxylic acids is 1. The molecule has 2 amide bonds. The first-order chi connectivity index (χ1) is 9.67. The number of amides is 2. The molecule has 0 saturated carbocycles. The van der Waals surface area contributed by atoms with Crippen molar-refractivity contribution in [2.24, 2.45) is 0 Å². The molecular weight excluding hydrogens is 248 g/mol. The summed E-state index contributed by atoms with van der Waals surface area (Å²) in [7, 11) is 0. The molecule has 3 heteroatoms. The maximum atomic E-state index is 12.5. The summed E-state index contributed by atoms with van der Waals surface area (Å²) in [5, 5.41) is 3.04. The SMILES string of the molecule is CC=C1CC2CCC(C1)N2C(=O)Nc1ccc(C)cc1. The van der Waals surface area contributed by atoms with E-state index in [1.807, 2.05) is 24.3 Å². The fraction of sp³-hybridized carbons (Fsp3) is 0.471. The summed E-state index contributed by atoms with van der Waals surface area (Å²) in [5.74, 6) is 0. The van der Waals surface area contributed by atoms with Gasteiger partial charge in [-0.1, -0.05) is 29.3 Å². The predicted molar refractivity (Wildman–Crippen MR) is 81.8 cm³/mol. The van der Waals surface area contributed by atoms with Crippen molar-refractivity contribution < 1.29 is 4.79 Å². The molecule has 3 nitrogen and oxygen atoms in total. The first-order valence-electron chi connectivity index (χ1n) is 7.47. The number of piperidine rings is 1. The number of allylic oxidation sites excluding steroid dienone is 1. The van der Waals surface area contributed by atoms with Gasteiger partial charge in [0.15, 0.2) is 0 Å². The Morgan fingerprint density at radius 3 is 2.35 bits per heavy atom. The molecule has 1 aromatic rings. The van der Waals surface area contributed by atoms with Crippen LogP contribution in [0.25, 0.3) is 0 Å². The topological polar surface area (TPSA) is 32.3 Å². The van der Waals surface area contributed by atoms with E-state index in [1.165, 1.54) is 11.1 Å². The van der Waals surface area contributed by atoms with Gasteiger partial charge in [-0.3, -0.25) is 0 Å². The number of rotatable bonds is 1. The van der Waals surface area contributed by atoms with Gasteiger partial charge in [0.2, 0.25) is 0 Å². The highest BCUT2D eigenvalue weighted by Crippen LogP contribution is 2.38. The van der Waals surface area contributed by atoms with Crippen LogP contribution in [0.1, 0.15) is 38.2 Å². The number of carbonyl (C=O) groups is 1. The fourth-order valence-electron chi connectivity index (χ4n) is 3.44. The molecule has 2 fully saturated rings. The molecule has 2 heterocycles. The maximum absolute atomic E-state index is 12.5. The molecule has 2 bridgehead atoms. The third-order valence-electron chi connectivity index (χ3n) is 4.56. The molecule has 0 radical (unpaired) electrons. The lowest BCUT2D eigenvalue weighted by atomic mass is 9.97. The second kappa shape index (κ2) is 5.31. The van der Waals surface area contributed by atoms with Crippen LogP contribution in [0.5, 0.6) is 0 Å². The van der Waals surface area contributed by atoms with Gasteiger partial charge in [0, 0.05) is 17.8 Å². The van der Waals surface area contributed by atoms with E-state index in [0.29, 0.717) is 12.1 Å². The zero-order chi connectivity index (χ0) is 14.1. The predicted octanol–water partition coefficient (Wildman–Crippen LogP) is 4.10. The Labute approximate surface area is 120 Å². The minimum Gasteiger partial charge on any atom is -0.318 e. The average molecular weight is 270 g/mol. The van der Waals surface area contributed by atoms with Crippen molar-refractivity contribution >= 4 is 11.7 Å². The quantitative estimate of drug-likeness (QED) is 0.766. The van der Waals surface area contributed by atoms with Gasteiger partial charge < -0.3 is 10.2 Å². The zero-order valence-electron chi connectivity index (χ0n) is 12.2. The molecule has 106 valence electrons. The van der Waals surface area contributed by atoms with E-state index in [-0.39, 0.29) is 6.03 Å². The van der Waals surface area contributed by atoms with Gasteiger partial charge in [-0.2, -0.15) is 0 Å². The number of nitrogens with one attached hydrogen (secondary N) is 1. The smallest absolute Gasteiger partial charge is 0.318 e. The Hall–Kier alpha value is -1.77. The fourth-order valence-corrected chi connectivity index (χ4v) is 3.44. The van der Waals surface area contributed by atoms with Gasteiger partial charge in [0.05, 0.1) is 0 Å². The molecule has 2 atom stereocenters. The minimum atomic E-state index is 0.0662. The van der Waals surface area contributed by atoms with Crippen LogP contribution in [0.15, 0.2) is 35.9 Å². The van der Waals surface area contributed by atoms with Crippen molar-refractivity contribution in [2.75, 3.05) is 5.32 Å². The number of benzene rings is 1. The summed E-state index contributed by atoms with van der Waals surface area (Å²) >= 11 is 0. The average Bonchev–Trinajstić information content (AvgIpc) is 2.72. The van der Waals surface area contributed by atoms with Crippen LogP contribution < -0.4 is 5.32 Å². The second-order valence-electron chi connectivity index (χ2n) is 5.94. The van der Waals surface area contributed by atoms with Crippen molar-refractivity contribution in [3.63, 3.8) is 0 Å². The first-order valence-corrected chi connectivity index (χ1v) is 7.47. The van der Waals surface area contributed by atoms with Gasteiger partial charge in [-0.05, 0) is 51.7 Å². The van der Waals surface area contributed by atoms with Crippen LogP contribution in [0, 0.1) is 6.92 Å². The second-order valence-corrected chi connectivity index (χ2v) is 5.94. The molecule has 20 heavy (non-hydrogen) atoms. The van der Waals surface area contributed by atoms with Crippen molar-refractivity contribution in [3.8, 4) is 0 Å². The van der Waals surface area contributed by atoms with E-state index in [9.17, 15) is 4.79 Å². The van der Waals surface area contributed by atoms with Crippen molar-refractivity contribution in [1.29, 1.82) is 0 Å². The number of aryl methyl sites for hydroxylation is 1. The molecule has 0 spiro atoms. The van der Waals surface area contributed by atoms with Gasteiger partial charge in [0.25, 0.3) is 0 Å². The molecule has 2 unspecified atom stereocenters. The van der Waals surface area contributed by atoms with Crippen LogP contribution in [-0.2, 0) is 0 Å². The number of urea groups is 1. The Morgan fingerprint density at radius 2 is 1.80 bits per heavy atom. The van der Waals surface area contributed by atoms with Crippen LogP contribution in [-0.4, -0.2) is 23.0 Å². The standard InChI is InChI=1S/C17H22N2O/c1-3-13-10-15-8-9-16(11-13)19(15)17(20)18-14-6-4-12(2)5-7-14/h3-7,15-16H,8-11H2,1-2H3,(H,18,20). The van der Waals surface area contributed by atoms with Crippen molar-refractivity contribution in [2.45, 2.75) is 51.6 Å². The monoisotopic (exact) mass is 270 g/mol. The highest BCUT2D eigenvalue weighted by molar-refractivity contribution is 5.90. The number of hydrogen-bond acceptors (Lipinski definition) is 1. The van der Waals surface area contributed by atoms with Crippen LogP contribution >= 0.6 is 0 Å². The van der Waals surface area contributed by atoms with Gasteiger partial charge >= 0.3 is 6.03 Å². The summed E-state index contributed by atoms with van der Waals surface area (Å²) in [6.07, 6.45) is 6.61. The Balaban J connectivity index is 1.71. The largest absolute Gasteiger partial charge is 0.322 e.